The zero-order chi connectivity index (χ0) is 21.5. The van der Waals surface area contributed by atoms with E-state index in [1.54, 1.807) is 0 Å². The Labute approximate surface area is 187 Å². The number of para-hydroxylation sites is 3. The SMILES string of the molecule is c1ccc(-n2c3ccccc3c3c4oc5ccccc5c4c4oc5ccccc5c4c32)nc1. The van der Waals surface area contributed by atoms with Gasteiger partial charge in [-0.15, -0.1) is 0 Å². The average Bonchev–Trinajstić information content (AvgIpc) is 3.53. The molecule has 33 heavy (non-hydrogen) atoms. The molecule has 0 atom stereocenters. The van der Waals surface area contributed by atoms with Crippen molar-refractivity contribution in [1.29, 1.82) is 0 Å². The Bertz CT molecular complexity index is 1990. The molecule has 0 aliphatic rings. The van der Waals surface area contributed by atoms with Crippen LogP contribution in [0.5, 0.6) is 0 Å². The Hall–Kier alpha value is -4.57. The summed E-state index contributed by atoms with van der Waals surface area (Å²) in [4.78, 5) is 4.72. The quantitative estimate of drug-likeness (QED) is 0.268. The van der Waals surface area contributed by atoms with Gasteiger partial charge in [0.2, 0.25) is 0 Å². The summed E-state index contributed by atoms with van der Waals surface area (Å²) in [6, 6.07) is 30.9. The number of hydrogen-bond donors (Lipinski definition) is 0. The smallest absolute Gasteiger partial charge is 0.149 e. The van der Waals surface area contributed by atoms with Crippen molar-refractivity contribution < 1.29 is 8.83 Å². The minimum Gasteiger partial charge on any atom is -0.455 e. The van der Waals surface area contributed by atoms with Crippen LogP contribution in [-0.4, -0.2) is 9.55 Å². The lowest BCUT2D eigenvalue weighted by atomic mass is 10.0. The number of pyridine rings is 1. The number of rotatable bonds is 1. The van der Waals surface area contributed by atoms with Crippen LogP contribution in [0.3, 0.4) is 0 Å². The molecule has 0 aliphatic carbocycles. The summed E-state index contributed by atoms with van der Waals surface area (Å²) in [5.41, 5.74) is 5.57. The topological polar surface area (TPSA) is 44.1 Å². The van der Waals surface area contributed by atoms with Crippen molar-refractivity contribution in [2.45, 2.75) is 0 Å². The van der Waals surface area contributed by atoms with Crippen LogP contribution < -0.4 is 0 Å². The van der Waals surface area contributed by atoms with Crippen molar-refractivity contribution in [1.82, 2.24) is 9.55 Å². The van der Waals surface area contributed by atoms with Gasteiger partial charge < -0.3 is 8.83 Å². The van der Waals surface area contributed by atoms with Gasteiger partial charge in [-0.2, -0.15) is 0 Å². The fourth-order valence-corrected chi connectivity index (χ4v) is 5.33. The second kappa shape index (κ2) is 6.02. The van der Waals surface area contributed by atoms with Crippen LogP contribution in [-0.2, 0) is 0 Å². The second-order valence-corrected chi connectivity index (χ2v) is 8.37. The lowest BCUT2D eigenvalue weighted by Crippen LogP contribution is -1.96. The number of aromatic nitrogens is 2. The molecule has 154 valence electrons. The molecule has 0 saturated heterocycles. The van der Waals surface area contributed by atoms with Crippen LogP contribution in [0.2, 0.25) is 0 Å². The third-order valence-corrected chi connectivity index (χ3v) is 6.63. The van der Waals surface area contributed by atoms with E-state index in [1.807, 2.05) is 54.7 Å². The van der Waals surface area contributed by atoms with Crippen molar-refractivity contribution in [3.8, 4) is 5.82 Å². The molecule has 4 heterocycles. The maximum atomic E-state index is 6.53. The van der Waals surface area contributed by atoms with E-state index < -0.39 is 0 Å². The normalized spacial score (nSPS) is 12.2. The van der Waals surface area contributed by atoms with E-state index in [1.165, 1.54) is 0 Å². The molecule has 0 radical (unpaired) electrons. The number of fused-ring (bicyclic) bond motifs is 12. The van der Waals surface area contributed by atoms with Crippen LogP contribution in [0.4, 0.5) is 0 Å². The predicted octanol–water partition coefficient (Wildman–Crippen LogP) is 7.98. The first-order valence-electron chi connectivity index (χ1n) is 11.0. The maximum Gasteiger partial charge on any atom is 0.149 e. The molecule has 4 aromatic heterocycles. The molecule has 0 N–H and O–H groups in total. The van der Waals surface area contributed by atoms with Crippen molar-refractivity contribution in [2.75, 3.05) is 0 Å². The van der Waals surface area contributed by atoms with Gasteiger partial charge in [0.05, 0.1) is 27.2 Å². The van der Waals surface area contributed by atoms with Gasteiger partial charge in [0.15, 0.2) is 0 Å². The molecule has 0 fully saturated rings. The third kappa shape index (κ3) is 2.08. The molecule has 0 bridgehead atoms. The van der Waals surface area contributed by atoms with E-state index in [9.17, 15) is 0 Å². The van der Waals surface area contributed by atoms with Crippen molar-refractivity contribution in [2.24, 2.45) is 0 Å². The predicted molar refractivity (Wildman–Crippen MR) is 133 cm³/mol. The number of nitrogens with zero attached hydrogens (tertiary/aromatic N) is 2. The van der Waals surface area contributed by atoms with Gasteiger partial charge in [0.25, 0.3) is 0 Å². The van der Waals surface area contributed by atoms with Crippen LogP contribution in [0.1, 0.15) is 0 Å². The number of hydrogen-bond acceptors (Lipinski definition) is 3. The van der Waals surface area contributed by atoms with Gasteiger partial charge in [-0.1, -0.05) is 60.7 Å². The number of furan rings is 2. The summed E-state index contributed by atoms with van der Waals surface area (Å²) in [5, 5.41) is 6.48. The van der Waals surface area contributed by atoms with E-state index in [2.05, 4.69) is 47.0 Å². The van der Waals surface area contributed by atoms with Crippen LogP contribution in [0, 0.1) is 0 Å². The van der Waals surface area contributed by atoms with Crippen molar-refractivity contribution in [3.05, 3.63) is 97.2 Å². The molecule has 0 unspecified atom stereocenters. The maximum absolute atomic E-state index is 6.53. The first kappa shape index (κ1) is 17.0. The molecule has 0 aliphatic heterocycles. The van der Waals surface area contributed by atoms with Gasteiger partial charge in [-0.05, 0) is 30.3 Å². The zero-order valence-corrected chi connectivity index (χ0v) is 17.4. The molecule has 0 amide bonds. The summed E-state index contributed by atoms with van der Waals surface area (Å²) < 4.78 is 15.3. The lowest BCUT2D eigenvalue weighted by molar-refractivity contribution is 0.665. The van der Waals surface area contributed by atoms with E-state index in [0.717, 1.165) is 71.5 Å². The lowest BCUT2D eigenvalue weighted by Gasteiger charge is -2.07. The molecule has 0 saturated carbocycles. The number of benzene rings is 4. The standard InChI is InChI=1S/C29H16N2O2/c1-4-12-20-17(9-1)24-27(31(20)23-15-7-8-16-30-23)25-18-10-2-5-13-21(18)32-29(25)26-19-11-3-6-14-22(19)33-28(24)26/h1-16H. The van der Waals surface area contributed by atoms with Crippen molar-refractivity contribution >= 4 is 65.7 Å². The van der Waals surface area contributed by atoms with Gasteiger partial charge in [0.1, 0.15) is 28.1 Å². The summed E-state index contributed by atoms with van der Waals surface area (Å²) >= 11 is 0. The Morgan fingerprint density at radius 1 is 0.545 bits per heavy atom. The minimum absolute atomic E-state index is 0.851. The monoisotopic (exact) mass is 424 g/mol. The van der Waals surface area contributed by atoms with Gasteiger partial charge >= 0.3 is 0 Å². The van der Waals surface area contributed by atoms with Crippen LogP contribution >= 0.6 is 0 Å². The Kier molecular flexibility index (Phi) is 3.11. The Morgan fingerprint density at radius 2 is 1.12 bits per heavy atom. The highest BCUT2D eigenvalue weighted by Crippen LogP contribution is 2.48. The Morgan fingerprint density at radius 3 is 1.82 bits per heavy atom. The third-order valence-electron chi connectivity index (χ3n) is 6.63. The molecule has 8 rings (SSSR count). The van der Waals surface area contributed by atoms with Crippen molar-refractivity contribution in [3.63, 3.8) is 0 Å². The molecule has 4 heteroatoms. The summed E-state index contributed by atoms with van der Waals surface area (Å²) in [5.74, 6) is 0.866. The van der Waals surface area contributed by atoms with E-state index in [0.29, 0.717) is 0 Å². The highest BCUT2D eigenvalue weighted by atomic mass is 16.3. The first-order valence-corrected chi connectivity index (χ1v) is 11.0. The zero-order valence-electron chi connectivity index (χ0n) is 17.4. The fraction of sp³-hybridized carbons (Fsp3) is 0. The molecule has 4 nitrogen and oxygen atoms in total. The molecule has 0 spiro atoms. The van der Waals surface area contributed by atoms with Gasteiger partial charge in [-0.3, -0.25) is 4.57 Å². The van der Waals surface area contributed by atoms with Gasteiger partial charge in [0, 0.05) is 22.4 Å². The Balaban J connectivity index is 1.80. The summed E-state index contributed by atoms with van der Waals surface area (Å²) in [6.07, 6.45) is 1.83. The first-order chi connectivity index (χ1) is 16.4. The summed E-state index contributed by atoms with van der Waals surface area (Å²) in [7, 11) is 0. The largest absolute Gasteiger partial charge is 0.455 e. The second-order valence-electron chi connectivity index (χ2n) is 8.37. The molecule has 4 aromatic carbocycles. The highest BCUT2D eigenvalue weighted by molar-refractivity contribution is 6.37. The van der Waals surface area contributed by atoms with E-state index >= 15 is 0 Å². The van der Waals surface area contributed by atoms with Crippen LogP contribution in [0.15, 0.2) is 106 Å². The minimum atomic E-state index is 0.851. The van der Waals surface area contributed by atoms with Gasteiger partial charge in [-0.25, -0.2) is 4.98 Å². The molecular formula is C29H16N2O2. The summed E-state index contributed by atoms with van der Waals surface area (Å²) in [6.45, 7) is 0. The fourth-order valence-electron chi connectivity index (χ4n) is 5.33. The van der Waals surface area contributed by atoms with E-state index in [-0.39, 0.29) is 0 Å². The molecule has 8 aromatic rings. The highest BCUT2D eigenvalue weighted by Gasteiger charge is 2.26. The average molecular weight is 424 g/mol. The van der Waals surface area contributed by atoms with E-state index in [4.69, 9.17) is 13.8 Å². The molecular weight excluding hydrogens is 408 g/mol. The van der Waals surface area contributed by atoms with Crippen LogP contribution in [0.25, 0.3) is 71.5 Å².